The first kappa shape index (κ1) is 15.9. The van der Waals surface area contributed by atoms with Crippen LogP contribution >= 0.6 is 23.7 Å². The number of hydrogen-bond donors (Lipinski definition) is 1. The highest BCUT2D eigenvalue weighted by Gasteiger charge is 2.36. The molecule has 1 saturated heterocycles. The van der Waals surface area contributed by atoms with Crippen LogP contribution in [0.15, 0.2) is 17.8 Å². The summed E-state index contributed by atoms with van der Waals surface area (Å²) >= 11 is 1.41. The normalized spacial score (nSPS) is 21.3. The fourth-order valence-corrected chi connectivity index (χ4v) is 3.27. The highest BCUT2D eigenvalue weighted by atomic mass is 35.5. The molecule has 0 aliphatic carbocycles. The van der Waals surface area contributed by atoms with Crippen LogP contribution in [0.2, 0.25) is 0 Å². The quantitative estimate of drug-likeness (QED) is 0.906. The van der Waals surface area contributed by atoms with Gasteiger partial charge in [0.25, 0.3) is 5.91 Å². The van der Waals surface area contributed by atoms with Gasteiger partial charge in [0, 0.05) is 13.1 Å². The topological polar surface area (TPSA) is 89.9 Å². The molecule has 1 unspecified atom stereocenters. The second kappa shape index (κ2) is 6.08. The molecule has 114 valence electrons. The molecule has 21 heavy (non-hydrogen) atoms. The SMILES string of the molecule is CC1(CN)CCN(C(=O)c2sccc2-n2cnnn2)C1.Cl. The molecule has 0 spiro atoms. The van der Waals surface area contributed by atoms with Gasteiger partial charge in [0.05, 0.1) is 5.69 Å². The largest absolute Gasteiger partial charge is 0.337 e. The summed E-state index contributed by atoms with van der Waals surface area (Å²) in [4.78, 5) is 15.2. The Morgan fingerprint density at radius 2 is 2.38 bits per heavy atom. The molecule has 7 nitrogen and oxygen atoms in total. The van der Waals surface area contributed by atoms with Gasteiger partial charge in [-0.05, 0) is 40.3 Å². The van der Waals surface area contributed by atoms with Crippen molar-refractivity contribution in [3.05, 3.63) is 22.7 Å². The third-order valence-electron chi connectivity index (χ3n) is 3.77. The zero-order valence-electron chi connectivity index (χ0n) is 11.6. The van der Waals surface area contributed by atoms with E-state index in [-0.39, 0.29) is 23.7 Å². The van der Waals surface area contributed by atoms with Crippen LogP contribution in [0.5, 0.6) is 0 Å². The van der Waals surface area contributed by atoms with E-state index in [4.69, 9.17) is 5.73 Å². The Balaban J connectivity index is 0.00000161. The van der Waals surface area contributed by atoms with Crippen LogP contribution in [-0.2, 0) is 0 Å². The molecule has 1 atom stereocenters. The lowest BCUT2D eigenvalue weighted by atomic mass is 9.90. The molecule has 0 aromatic carbocycles. The number of halogens is 1. The van der Waals surface area contributed by atoms with Crippen LogP contribution < -0.4 is 5.73 Å². The van der Waals surface area contributed by atoms with Gasteiger partial charge in [-0.2, -0.15) is 4.68 Å². The molecule has 1 aliphatic rings. The second-order valence-corrected chi connectivity index (χ2v) is 6.30. The number of tetrazole rings is 1. The zero-order valence-corrected chi connectivity index (χ0v) is 13.2. The molecule has 0 radical (unpaired) electrons. The molecule has 2 aromatic rings. The summed E-state index contributed by atoms with van der Waals surface area (Å²) in [5.41, 5.74) is 6.55. The van der Waals surface area contributed by atoms with E-state index in [2.05, 4.69) is 22.4 Å². The van der Waals surface area contributed by atoms with Crippen molar-refractivity contribution in [3.63, 3.8) is 0 Å². The van der Waals surface area contributed by atoms with Crippen molar-refractivity contribution in [1.82, 2.24) is 25.1 Å². The van der Waals surface area contributed by atoms with Crippen molar-refractivity contribution in [2.24, 2.45) is 11.1 Å². The summed E-state index contributed by atoms with van der Waals surface area (Å²) in [6.45, 7) is 4.17. The molecule has 3 rings (SSSR count). The Morgan fingerprint density at radius 1 is 1.57 bits per heavy atom. The molecule has 0 saturated carbocycles. The van der Waals surface area contributed by atoms with Crippen molar-refractivity contribution in [2.45, 2.75) is 13.3 Å². The van der Waals surface area contributed by atoms with E-state index in [9.17, 15) is 4.79 Å². The number of nitrogens with two attached hydrogens (primary N) is 1. The summed E-state index contributed by atoms with van der Waals surface area (Å²) in [5, 5.41) is 12.9. The number of likely N-dealkylation sites (tertiary alicyclic amines) is 1. The molecular weight excluding hydrogens is 312 g/mol. The summed E-state index contributed by atoms with van der Waals surface area (Å²) in [5.74, 6) is 0.0303. The predicted molar refractivity (Wildman–Crippen MR) is 82.0 cm³/mol. The summed E-state index contributed by atoms with van der Waals surface area (Å²) in [7, 11) is 0. The van der Waals surface area contributed by atoms with E-state index in [0.29, 0.717) is 18.0 Å². The van der Waals surface area contributed by atoms with E-state index >= 15 is 0 Å². The Labute approximate surface area is 132 Å². The maximum absolute atomic E-state index is 12.6. The molecule has 2 N–H and O–H groups in total. The van der Waals surface area contributed by atoms with E-state index in [0.717, 1.165) is 18.7 Å². The molecule has 2 aromatic heterocycles. The van der Waals surface area contributed by atoms with E-state index < -0.39 is 0 Å². The van der Waals surface area contributed by atoms with Gasteiger partial charge >= 0.3 is 0 Å². The Morgan fingerprint density at radius 3 is 3.00 bits per heavy atom. The number of thiophene rings is 1. The third kappa shape index (κ3) is 2.92. The fourth-order valence-electron chi connectivity index (χ4n) is 2.42. The predicted octanol–water partition coefficient (Wildman–Crippen LogP) is 0.957. The average Bonchev–Trinajstić information content (AvgIpc) is 3.18. The van der Waals surface area contributed by atoms with Crippen LogP contribution in [0.3, 0.4) is 0 Å². The van der Waals surface area contributed by atoms with Gasteiger partial charge in [-0.3, -0.25) is 4.79 Å². The van der Waals surface area contributed by atoms with Crippen LogP contribution in [-0.4, -0.2) is 50.6 Å². The minimum Gasteiger partial charge on any atom is -0.337 e. The lowest BCUT2D eigenvalue weighted by molar-refractivity contribution is 0.0781. The highest BCUT2D eigenvalue weighted by molar-refractivity contribution is 7.12. The number of hydrogen-bond acceptors (Lipinski definition) is 6. The molecule has 1 amide bonds. The van der Waals surface area contributed by atoms with Gasteiger partial charge in [-0.1, -0.05) is 6.92 Å². The van der Waals surface area contributed by atoms with E-state index in [1.54, 1.807) is 0 Å². The first-order valence-corrected chi connectivity index (χ1v) is 7.31. The highest BCUT2D eigenvalue weighted by Crippen LogP contribution is 2.31. The summed E-state index contributed by atoms with van der Waals surface area (Å²) < 4.78 is 1.52. The van der Waals surface area contributed by atoms with E-state index in [1.165, 1.54) is 22.3 Å². The lowest BCUT2D eigenvalue weighted by Crippen LogP contribution is -2.34. The fraction of sp³-hybridized carbons (Fsp3) is 0.500. The summed E-state index contributed by atoms with van der Waals surface area (Å²) in [6, 6.07) is 1.85. The van der Waals surface area contributed by atoms with Crippen molar-refractivity contribution in [2.75, 3.05) is 19.6 Å². The number of aromatic nitrogens is 4. The van der Waals surface area contributed by atoms with Gasteiger partial charge in [-0.15, -0.1) is 28.8 Å². The van der Waals surface area contributed by atoms with Crippen LogP contribution in [0.25, 0.3) is 5.69 Å². The first-order chi connectivity index (χ1) is 9.63. The number of nitrogens with zero attached hydrogens (tertiary/aromatic N) is 5. The second-order valence-electron chi connectivity index (χ2n) is 5.38. The average molecular weight is 329 g/mol. The summed E-state index contributed by atoms with van der Waals surface area (Å²) in [6.07, 6.45) is 2.44. The minimum atomic E-state index is 0. The monoisotopic (exact) mass is 328 g/mol. The van der Waals surface area contributed by atoms with Crippen molar-refractivity contribution < 1.29 is 4.79 Å². The number of rotatable bonds is 3. The molecular formula is C12H17ClN6OS. The van der Waals surface area contributed by atoms with Gasteiger partial charge in [0.1, 0.15) is 11.2 Å². The van der Waals surface area contributed by atoms with Crippen molar-refractivity contribution in [1.29, 1.82) is 0 Å². The Bertz CT molecular complexity index is 615. The molecule has 3 heterocycles. The van der Waals surface area contributed by atoms with E-state index in [1.807, 2.05) is 16.3 Å². The maximum atomic E-state index is 12.6. The van der Waals surface area contributed by atoms with Crippen LogP contribution in [0.4, 0.5) is 0 Å². The van der Waals surface area contributed by atoms with Gasteiger partial charge < -0.3 is 10.6 Å². The zero-order chi connectivity index (χ0) is 14.2. The number of amides is 1. The standard InChI is InChI=1S/C12H16N6OS.ClH/c1-12(6-13)3-4-17(7-12)11(19)10-9(2-5-20-10)18-8-14-15-16-18;/h2,5,8H,3-4,6-7,13H2,1H3;1H. The van der Waals surface area contributed by atoms with Crippen LogP contribution in [0.1, 0.15) is 23.0 Å². The Kier molecular flexibility index (Phi) is 4.60. The third-order valence-corrected chi connectivity index (χ3v) is 4.66. The Hall–Kier alpha value is -1.51. The number of carbonyl (C=O) groups is 1. The van der Waals surface area contributed by atoms with Crippen molar-refractivity contribution in [3.8, 4) is 5.69 Å². The van der Waals surface area contributed by atoms with Gasteiger partial charge in [0.15, 0.2) is 0 Å². The first-order valence-electron chi connectivity index (χ1n) is 6.43. The smallest absolute Gasteiger partial charge is 0.266 e. The molecule has 1 fully saturated rings. The number of carbonyl (C=O) groups excluding carboxylic acids is 1. The molecule has 0 bridgehead atoms. The van der Waals surface area contributed by atoms with Crippen LogP contribution in [0, 0.1) is 5.41 Å². The lowest BCUT2D eigenvalue weighted by Gasteiger charge is -2.22. The van der Waals surface area contributed by atoms with Crippen molar-refractivity contribution >= 4 is 29.7 Å². The van der Waals surface area contributed by atoms with Gasteiger partial charge in [-0.25, -0.2) is 0 Å². The minimum absolute atomic E-state index is 0. The maximum Gasteiger partial charge on any atom is 0.266 e. The molecule has 9 heteroatoms. The van der Waals surface area contributed by atoms with Gasteiger partial charge in [0.2, 0.25) is 0 Å². The molecule has 1 aliphatic heterocycles.